The highest BCUT2D eigenvalue weighted by Crippen LogP contribution is 2.31. The van der Waals surface area contributed by atoms with Gasteiger partial charge in [0.25, 0.3) is 0 Å². The SMILES string of the molecule is [2H]C([2H])([2H])N1CCc2c(c3cc(C)ccc3n2CCc2ccc(C)nc2)C1. The highest BCUT2D eigenvalue weighted by Gasteiger charge is 2.22. The number of aromatic nitrogens is 2. The van der Waals surface area contributed by atoms with Crippen LogP contribution in [0.1, 0.15) is 32.2 Å². The second-order valence-corrected chi connectivity index (χ2v) is 6.83. The summed E-state index contributed by atoms with van der Waals surface area (Å²) in [5, 5.41) is 1.20. The maximum Gasteiger partial charge on any atom is 0.0486 e. The summed E-state index contributed by atoms with van der Waals surface area (Å²) in [7, 11) is 0. The van der Waals surface area contributed by atoms with Crippen LogP contribution in [0.15, 0.2) is 36.5 Å². The minimum Gasteiger partial charge on any atom is -0.344 e. The van der Waals surface area contributed by atoms with E-state index >= 15 is 0 Å². The van der Waals surface area contributed by atoms with Gasteiger partial charge in [-0.15, -0.1) is 0 Å². The Morgan fingerprint density at radius 3 is 2.92 bits per heavy atom. The molecule has 3 heterocycles. The van der Waals surface area contributed by atoms with Crippen LogP contribution in [-0.2, 0) is 25.9 Å². The highest BCUT2D eigenvalue weighted by molar-refractivity contribution is 5.86. The Bertz CT molecular complexity index is 971. The number of benzene rings is 1. The number of aryl methyl sites for hydroxylation is 4. The van der Waals surface area contributed by atoms with Gasteiger partial charge >= 0.3 is 0 Å². The van der Waals surface area contributed by atoms with Crippen LogP contribution in [0.4, 0.5) is 0 Å². The smallest absolute Gasteiger partial charge is 0.0486 e. The van der Waals surface area contributed by atoms with Gasteiger partial charge in [0.05, 0.1) is 0 Å². The van der Waals surface area contributed by atoms with Crippen LogP contribution in [0.2, 0.25) is 0 Å². The van der Waals surface area contributed by atoms with Gasteiger partial charge in [0, 0.05) is 58.7 Å². The van der Waals surface area contributed by atoms with Crippen LogP contribution in [0.3, 0.4) is 0 Å². The van der Waals surface area contributed by atoms with Crippen LogP contribution in [0.5, 0.6) is 0 Å². The van der Waals surface area contributed by atoms with E-state index in [9.17, 15) is 0 Å². The second-order valence-electron chi connectivity index (χ2n) is 6.83. The third-order valence-corrected chi connectivity index (χ3v) is 5.01. The monoisotopic (exact) mass is 322 g/mol. The summed E-state index contributed by atoms with van der Waals surface area (Å²) >= 11 is 0. The van der Waals surface area contributed by atoms with Gasteiger partial charge in [0.2, 0.25) is 0 Å². The first-order chi connectivity index (χ1) is 12.8. The molecular weight excluding hydrogens is 294 g/mol. The van der Waals surface area contributed by atoms with E-state index in [1.54, 1.807) is 4.90 Å². The van der Waals surface area contributed by atoms with E-state index in [1.165, 1.54) is 33.3 Å². The molecule has 0 radical (unpaired) electrons. The molecule has 2 aromatic heterocycles. The molecule has 124 valence electrons. The van der Waals surface area contributed by atoms with Gasteiger partial charge in [-0.2, -0.15) is 0 Å². The third kappa shape index (κ3) is 2.73. The lowest BCUT2D eigenvalue weighted by molar-refractivity contribution is 0.309. The van der Waals surface area contributed by atoms with Crippen LogP contribution < -0.4 is 0 Å². The predicted molar refractivity (Wildman–Crippen MR) is 99.4 cm³/mol. The minimum atomic E-state index is -2.04. The van der Waals surface area contributed by atoms with Gasteiger partial charge in [-0.25, -0.2) is 0 Å². The molecule has 0 atom stereocenters. The van der Waals surface area contributed by atoms with Gasteiger partial charge < -0.3 is 9.47 Å². The summed E-state index contributed by atoms with van der Waals surface area (Å²) in [5.74, 6) is 0. The Kier molecular flexibility index (Phi) is 3.10. The molecular formula is C21H25N3. The molecule has 0 unspecified atom stereocenters. The molecule has 0 bridgehead atoms. The Hall–Kier alpha value is -2.13. The molecule has 3 nitrogen and oxygen atoms in total. The Balaban J connectivity index is 1.72. The fourth-order valence-corrected chi connectivity index (χ4v) is 3.71. The topological polar surface area (TPSA) is 21.1 Å². The van der Waals surface area contributed by atoms with Gasteiger partial charge in [-0.05, 0) is 56.6 Å². The van der Waals surface area contributed by atoms with E-state index in [1.807, 2.05) is 13.1 Å². The maximum absolute atomic E-state index is 7.78. The first-order valence-corrected chi connectivity index (χ1v) is 8.60. The fourth-order valence-electron chi connectivity index (χ4n) is 3.71. The summed E-state index contributed by atoms with van der Waals surface area (Å²) in [6.45, 7) is 4.00. The standard InChI is InChI=1S/C21H25N3/c1-15-4-7-20-18(12-15)19-14-23(3)10-9-21(19)24(20)11-8-17-6-5-16(2)22-13-17/h4-7,12-13H,8-11,14H2,1-3H3/i3D3. The van der Waals surface area contributed by atoms with Gasteiger partial charge in [0.1, 0.15) is 0 Å². The zero-order valence-electron chi connectivity index (χ0n) is 17.3. The molecule has 0 saturated carbocycles. The highest BCUT2D eigenvalue weighted by atomic mass is 15.1. The zero-order valence-corrected chi connectivity index (χ0v) is 14.3. The lowest BCUT2D eigenvalue weighted by atomic mass is 10.0. The van der Waals surface area contributed by atoms with Crippen LogP contribution >= 0.6 is 0 Å². The molecule has 0 spiro atoms. The maximum atomic E-state index is 7.78. The number of fused-ring (bicyclic) bond motifs is 3. The molecule has 1 aliphatic heterocycles. The molecule has 0 saturated heterocycles. The molecule has 1 aliphatic rings. The molecule has 3 heteroatoms. The first-order valence-electron chi connectivity index (χ1n) is 10.1. The summed E-state index contributed by atoms with van der Waals surface area (Å²) in [6.07, 6.45) is 3.64. The molecule has 1 aromatic carbocycles. The lowest BCUT2D eigenvalue weighted by Crippen LogP contribution is -2.27. The van der Waals surface area contributed by atoms with Crippen molar-refractivity contribution in [1.29, 1.82) is 0 Å². The summed E-state index contributed by atoms with van der Waals surface area (Å²) < 4.78 is 25.7. The van der Waals surface area contributed by atoms with Gasteiger partial charge in [-0.1, -0.05) is 17.7 Å². The van der Waals surface area contributed by atoms with Crippen molar-refractivity contribution in [3.8, 4) is 0 Å². The average molecular weight is 322 g/mol. The number of pyridine rings is 1. The molecule has 3 aromatic rings. The van der Waals surface area contributed by atoms with E-state index in [2.05, 4.69) is 46.8 Å². The zero-order chi connectivity index (χ0) is 19.2. The molecule has 0 N–H and O–H groups in total. The largest absolute Gasteiger partial charge is 0.344 e. The van der Waals surface area contributed by atoms with Crippen molar-refractivity contribution in [2.75, 3.05) is 13.5 Å². The molecule has 0 fully saturated rings. The number of nitrogens with zero attached hydrogens (tertiary/aromatic N) is 3. The minimum absolute atomic E-state index is 0.491. The van der Waals surface area contributed by atoms with E-state index in [4.69, 9.17) is 4.11 Å². The van der Waals surface area contributed by atoms with Crippen molar-refractivity contribution in [1.82, 2.24) is 14.5 Å². The van der Waals surface area contributed by atoms with E-state index in [-0.39, 0.29) is 0 Å². The first kappa shape index (κ1) is 12.3. The number of likely N-dealkylation sites (N-methyl/N-ethyl adjacent to an activating group) is 1. The number of hydrogen-bond donors (Lipinski definition) is 0. The van der Waals surface area contributed by atoms with Crippen molar-refractivity contribution in [2.45, 2.75) is 39.8 Å². The van der Waals surface area contributed by atoms with E-state index < -0.39 is 6.98 Å². The fraction of sp³-hybridized carbons (Fsp3) is 0.381. The Morgan fingerprint density at radius 2 is 2.12 bits per heavy atom. The van der Waals surface area contributed by atoms with Crippen molar-refractivity contribution >= 4 is 10.9 Å². The van der Waals surface area contributed by atoms with Crippen LogP contribution in [0.25, 0.3) is 10.9 Å². The summed E-state index contributed by atoms with van der Waals surface area (Å²) in [6, 6.07) is 10.7. The molecule has 4 rings (SSSR count). The number of hydrogen-bond acceptors (Lipinski definition) is 2. The third-order valence-electron chi connectivity index (χ3n) is 5.01. The van der Waals surface area contributed by atoms with E-state index in [0.717, 1.165) is 25.1 Å². The molecule has 0 aliphatic carbocycles. The van der Waals surface area contributed by atoms with Crippen LogP contribution in [0, 0.1) is 13.8 Å². The second kappa shape index (κ2) is 6.06. The van der Waals surface area contributed by atoms with Crippen molar-refractivity contribution in [2.24, 2.45) is 0 Å². The normalized spacial score (nSPS) is 17.3. The summed E-state index contributed by atoms with van der Waals surface area (Å²) in [4.78, 5) is 6.02. The van der Waals surface area contributed by atoms with Crippen molar-refractivity contribution < 1.29 is 4.11 Å². The summed E-state index contributed by atoms with van der Waals surface area (Å²) in [5.41, 5.74) is 7.13. The quantitative estimate of drug-likeness (QED) is 0.729. The molecule has 0 amide bonds. The predicted octanol–water partition coefficient (Wildman–Crippen LogP) is 3.88. The molecule has 24 heavy (non-hydrogen) atoms. The van der Waals surface area contributed by atoms with Gasteiger partial charge in [-0.3, -0.25) is 4.98 Å². The Morgan fingerprint density at radius 1 is 1.21 bits per heavy atom. The van der Waals surface area contributed by atoms with E-state index in [0.29, 0.717) is 13.1 Å². The van der Waals surface area contributed by atoms with Crippen LogP contribution in [-0.4, -0.2) is 28.0 Å². The van der Waals surface area contributed by atoms with Crippen molar-refractivity contribution in [3.63, 3.8) is 0 Å². The van der Waals surface area contributed by atoms with Crippen molar-refractivity contribution in [3.05, 3.63) is 64.6 Å². The average Bonchev–Trinajstić information content (AvgIpc) is 2.93. The Labute approximate surface area is 148 Å². The van der Waals surface area contributed by atoms with Gasteiger partial charge in [0.15, 0.2) is 0 Å². The number of rotatable bonds is 3. The lowest BCUT2D eigenvalue weighted by Gasteiger charge is -2.24.